The molecule has 0 spiro atoms. The second-order valence-electron chi connectivity index (χ2n) is 6.28. The van der Waals surface area contributed by atoms with Gasteiger partial charge in [0.15, 0.2) is 0 Å². The molecule has 0 N–H and O–H groups in total. The van der Waals surface area contributed by atoms with E-state index in [2.05, 4.69) is 10.1 Å². The van der Waals surface area contributed by atoms with E-state index in [0.717, 1.165) is 26.6 Å². The van der Waals surface area contributed by atoms with Gasteiger partial charge in [-0.1, -0.05) is 40.9 Å². The number of thiophene rings is 1. The number of hydrogen-bond donors (Lipinski definition) is 0. The second-order valence-corrected chi connectivity index (χ2v) is 8.35. The van der Waals surface area contributed by atoms with Crippen LogP contribution in [0.25, 0.3) is 10.2 Å². The summed E-state index contributed by atoms with van der Waals surface area (Å²) in [5.41, 5.74) is 2.36. The number of nitro groups is 1. The van der Waals surface area contributed by atoms with Crippen LogP contribution in [0.1, 0.15) is 20.8 Å². The topological polar surface area (TPSA) is 88.7 Å². The molecule has 0 saturated carbocycles. The quantitative estimate of drug-likeness (QED) is 0.236. The van der Waals surface area contributed by atoms with Crippen LogP contribution in [-0.2, 0) is 0 Å². The number of thiazole rings is 1. The van der Waals surface area contributed by atoms with E-state index < -0.39 is 10.8 Å². The lowest BCUT2D eigenvalue weighted by molar-refractivity contribution is -0.380. The molecule has 0 saturated heterocycles. The number of hydrogen-bond acceptors (Lipinski definition) is 7. The van der Waals surface area contributed by atoms with Crippen molar-refractivity contribution in [1.82, 2.24) is 4.98 Å². The lowest BCUT2D eigenvalue weighted by Gasteiger charge is -2.12. The summed E-state index contributed by atoms with van der Waals surface area (Å²) in [5, 5.41) is 16.5. The average molecular weight is 440 g/mol. The first-order chi connectivity index (χ1) is 14.4. The van der Waals surface area contributed by atoms with E-state index in [-0.39, 0.29) is 15.7 Å². The third-order valence-electron chi connectivity index (χ3n) is 4.08. The van der Waals surface area contributed by atoms with E-state index >= 15 is 0 Å². The molecule has 0 aliphatic heterocycles. The number of carbonyl (C=O) groups excluding carboxylic acids is 1. The molecule has 0 radical (unpaired) electrons. The molecule has 4 aromatic rings. The van der Waals surface area contributed by atoms with Crippen LogP contribution in [0.3, 0.4) is 0 Å². The standard InChI is InChI=1S/C20H13FN4O3S2/c1-12-2-7-15-17(10-12)30-20(23-15)24(22-11-13-3-5-14(21)6-4-13)19(26)16-8-9-18(29-16)25(27)28/h2-11H,1H3/b22-11+. The predicted molar refractivity (Wildman–Crippen MR) is 116 cm³/mol. The highest BCUT2D eigenvalue weighted by Crippen LogP contribution is 2.32. The number of anilines is 1. The Kier molecular flexibility index (Phi) is 5.34. The largest absolute Gasteiger partial charge is 0.324 e. The van der Waals surface area contributed by atoms with Crippen LogP contribution in [0.15, 0.2) is 59.7 Å². The van der Waals surface area contributed by atoms with Crippen LogP contribution in [0.2, 0.25) is 0 Å². The minimum Gasteiger partial charge on any atom is -0.266 e. The van der Waals surface area contributed by atoms with Crippen LogP contribution >= 0.6 is 22.7 Å². The van der Waals surface area contributed by atoms with E-state index in [4.69, 9.17) is 0 Å². The summed E-state index contributed by atoms with van der Waals surface area (Å²) in [6.07, 6.45) is 1.41. The van der Waals surface area contributed by atoms with Crippen molar-refractivity contribution in [3.63, 3.8) is 0 Å². The van der Waals surface area contributed by atoms with Crippen LogP contribution in [0.5, 0.6) is 0 Å². The van der Waals surface area contributed by atoms with Gasteiger partial charge >= 0.3 is 5.00 Å². The Morgan fingerprint density at radius 3 is 2.63 bits per heavy atom. The summed E-state index contributed by atoms with van der Waals surface area (Å²) in [7, 11) is 0. The number of hydrazone groups is 1. The first-order valence-corrected chi connectivity index (χ1v) is 10.3. The number of benzene rings is 2. The molecule has 4 rings (SSSR count). The molecule has 150 valence electrons. The number of nitrogens with zero attached hydrogens (tertiary/aromatic N) is 4. The van der Waals surface area contributed by atoms with E-state index in [1.807, 2.05) is 25.1 Å². The number of amides is 1. The fourth-order valence-corrected chi connectivity index (χ4v) is 4.38. The summed E-state index contributed by atoms with van der Waals surface area (Å²) in [6, 6.07) is 14.0. The molecule has 0 aliphatic rings. The minimum absolute atomic E-state index is 0.138. The molecule has 7 nitrogen and oxygen atoms in total. The smallest absolute Gasteiger partial charge is 0.266 e. The first-order valence-electron chi connectivity index (χ1n) is 8.66. The van der Waals surface area contributed by atoms with Crippen molar-refractivity contribution in [2.45, 2.75) is 6.92 Å². The Morgan fingerprint density at radius 2 is 1.93 bits per heavy atom. The van der Waals surface area contributed by atoms with Gasteiger partial charge in [0, 0.05) is 6.07 Å². The van der Waals surface area contributed by atoms with Crippen LogP contribution < -0.4 is 5.01 Å². The zero-order chi connectivity index (χ0) is 21.3. The van der Waals surface area contributed by atoms with Gasteiger partial charge in [-0.05, 0) is 48.4 Å². The highest BCUT2D eigenvalue weighted by atomic mass is 32.1. The fourth-order valence-electron chi connectivity index (χ4n) is 2.62. The molecule has 0 atom stereocenters. The summed E-state index contributed by atoms with van der Waals surface area (Å²) >= 11 is 2.05. The molecular formula is C20H13FN4O3S2. The van der Waals surface area contributed by atoms with Gasteiger partial charge in [0.25, 0.3) is 5.91 Å². The van der Waals surface area contributed by atoms with Crippen molar-refractivity contribution in [2.24, 2.45) is 5.10 Å². The number of aromatic nitrogens is 1. The monoisotopic (exact) mass is 440 g/mol. The highest BCUT2D eigenvalue weighted by Gasteiger charge is 2.24. The minimum atomic E-state index is -0.548. The van der Waals surface area contributed by atoms with Crippen molar-refractivity contribution < 1.29 is 14.1 Å². The average Bonchev–Trinajstić information content (AvgIpc) is 3.36. The molecule has 0 aliphatic carbocycles. The summed E-state index contributed by atoms with van der Waals surface area (Å²) in [6.45, 7) is 1.96. The summed E-state index contributed by atoms with van der Waals surface area (Å²) in [4.78, 5) is 28.2. The van der Waals surface area contributed by atoms with Crippen molar-refractivity contribution in [3.05, 3.63) is 86.5 Å². The van der Waals surface area contributed by atoms with Crippen molar-refractivity contribution in [1.29, 1.82) is 0 Å². The van der Waals surface area contributed by atoms with Crippen LogP contribution in [0.4, 0.5) is 14.5 Å². The normalized spacial score (nSPS) is 11.3. The number of fused-ring (bicyclic) bond motifs is 1. The zero-order valence-corrected chi connectivity index (χ0v) is 17.1. The molecule has 2 heterocycles. The Morgan fingerprint density at radius 1 is 1.17 bits per heavy atom. The third kappa shape index (κ3) is 4.09. The van der Waals surface area contributed by atoms with Crippen molar-refractivity contribution in [2.75, 3.05) is 5.01 Å². The summed E-state index contributed by atoms with van der Waals surface area (Å²) in [5.74, 6) is -0.922. The third-order valence-corrected chi connectivity index (χ3v) is 6.10. The van der Waals surface area contributed by atoms with E-state index in [1.54, 1.807) is 0 Å². The molecule has 0 fully saturated rings. The van der Waals surface area contributed by atoms with E-state index in [9.17, 15) is 19.3 Å². The van der Waals surface area contributed by atoms with Gasteiger partial charge in [-0.2, -0.15) is 10.1 Å². The van der Waals surface area contributed by atoms with E-state index in [0.29, 0.717) is 16.2 Å². The Hall–Kier alpha value is -3.50. The maximum absolute atomic E-state index is 13.1. The Balaban J connectivity index is 1.75. The maximum Gasteiger partial charge on any atom is 0.324 e. The molecule has 2 aromatic heterocycles. The number of aryl methyl sites for hydroxylation is 1. The molecule has 1 amide bonds. The zero-order valence-electron chi connectivity index (χ0n) is 15.5. The lowest BCUT2D eigenvalue weighted by atomic mass is 10.2. The van der Waals surface area contributed by atoms with Gasteiger partial charge in [0.05, 0.1) is 21.4 Å². The van der Waals surface area contributed by atoms with Gasteiger partial charge in [-0.25, -0.2) is 9.37 Å². The Labute approximate surface area is 177 Å². The highest BCUT2D eigenvalue weighted by molar-refractivity contribution is 7.22. The number of carbonyl (C=O) groups is 1. The SMILES string of the molecule is Cc1ccc2nc(N(/N=C/c3ccc(F)cc3)C(=O)c3ccc([N+](=O)[O-])s3)sc2c1. The van der Waals surface area contributed by atoms with Gasteiger partial charge in [-0.15, -0.1) is 0 Å². The maximum atomic E-state index is 13.1. The molecule has 0 unspecified atom stereocenters. The number of halogens is 1. The van der Waals surface area contributed by atoms with Gasteiger partial charge in [-0.3, -0.25) is 14.9 Å². The van der Waals surface area contributed by atoms with Crippen LogP contribution in [0, 0.1) is 22.9 Å². The lowest BCUT2D eigenvalue weighted by Crippen LogP contribution is -2.24. The Bertz CT molecular complexity index is 1280. The summed E-state index contributed by atoms with van der Waals surface area (Å²) < 4.78 is 14.0. The van der Waals surface area contributed by atoms with E-state index in [1.165, 1.54) is 53.9 Å². The van der Waals surface area contributed by atoms with Crippen molar-refractivity contribution >= 4 is 55.1 Å². The number of rotatable bonds is 5. The first kappa shape index (κ1) is 19.8. The molecule has 10 heteroatoms. The van der Waals surface area contributed by atoms with Gasteiger partial charge in [0.1, 0.15) is 10.7 Å². The molecule has 30 heavy (non-hydrogen) atoms. The molecular weight excluding hydrogens is 427 g/mol. The molecule has 0 bridgehead atoms. The predicted octanol–water partition coefficient (Wildman–Crippen LogP) is 5.39. The second kappa shape index (κ2) is 8.09. The van der Waals surface area contributed by atoms with Crippen molar-refractivity contribution in [3.8, 4) is 0 Å². The fraction of sp³-hybridized carbons (Fsp3) is 0.0500. The van der Waals surface area contributed by atoms with Gasteiger partial charge in [0.2, 0.25) is 5.13 Å². The molecule has 2 aromatic carbocycles. The van der Waals surface area contributed by atoms with Gasteiger partial charge < -0.3 is 0 Å². The van der Waals surface area contributed by atoms with Crippen LogP contribution in [-0.4, -0.2) is 22.0 Å².